The molecule has 16 heavy (non-hydrogen) atoms. The summed E-state index contributed by atoms with van der Waals surface area (Å²) in [5.74, 6) is 0.533. The predicted octanol–water partition coefficient (Wildman–Crippen LogP) is 1.67. The molecule has 1 aromatic rings. The molecule has 0 radical (unpaired) electrons. The first-order chi connectivity index (χ1) is 7.78. The second kappa shape index (κ2) is 5.96. The van der Waals surface area contributed by atoms with Crippen molar-refractivity contribution in [3.8, 4) is 0 Å². The Morgan fingerprint density at radius 1 is 1.38 bits per heavy atom. The molecule has 1 fully saturated rings. The Balaban J connectivity index is 1.74. The molecule has 3 nitrogen and oxygen atoms in total. The van der Waals surface area contributed by atoms with E-state index >= 15 is 0 Å². The standard InChI is InChI=1S/C11H18ClN3S/c1-14-4-6-15(7-5-14)3-2-11-13-10(8-12)9-16-11/h9H,2-8H2,1H3. The molecule has 2 heterocycles. The Hall–Kier alpha value is -0.160. The van der Waals surface area contributed by atoms with Crippen LogP contribution in [0.2, 0.25) is 0 Å². The first kappa shape index (κ1) is 12.3. The van der Waals surface area contributed by atoms with Crippen molar-refractivity contribution in [2.24, 2.45) is 0 Å². The number of nitrogens with zero attached hydrogens (tertiary/aromatic N) is 3. The highest BCUT2D eigenvalue weighted by atomic mass is 35.5. The van der Waals surface area contributed by atoms with Crippen molar-refractivity contribution in [3.63, 3.8) is 0 Å². The van der Waals surface area contributed by atoms with Crippen LogP contribution in [0.1, 0.15) is 10.7 Å². The minimum absolute atomic E-state index is 0.533. The van der Waals surface area contributed by atoms with Crippen LogP contribution in [0.4, 0.5) is 0 Å². The SMILES string of the molecule is CN1CCN(CCc2nc(CCl)cs2)CC1. The van der Waals surface area contributed by atoms with Crippen LogP contribution >= 0.6 is 22.9 Å². The molecule has 0 spiro atoms. The van der Waals surface area contributed by atoms with Gasteiger partial charge >= 0.3 is 0 Å². The first-order valence-corrected chi connectivity index (χ1v) is 7.09. The predicted molar refractivity (Wildman–Crippen MR) is 69.3 cm³/mol. The van der Waals surface area contributed by atoms with E-state index in [2.05, 4.69) is 27.2 Å². The second-order valence-corrected chi connectivity index (χ2v) is 5.47. The Morgan fingerprint density at radius 2 is 2.12 bits per heavy atom. The molecule has 1 aliphatic heterocycles. The molecule has 0 saturated carbocycles. The fourth-order valence-corrected chi connectivity index (χ4v) is 2.87. The number of rotatable bonds is 4. The van der Waals surface area contributed by atoms with Crippen molar-refractivity contribution >= 4 is 22.9 Å². The van der Waals surface area contributed by atoms with Gasteiger partial charge < -0.3 is 9.80 Å². The Bertz CT molecular complexity index is 321. The van der Waals surface area contributed by atoms with E-state index in [9.17, 15) is 0 Å². The van der Waals surface area contributed by atoms with E-state index in [0.29, 0.717) is 5.88 Å². The maximum absolute atomic E-state index is 5.73. The van der Waals surface area contributed by atoms with Crippen LogP contribution in [0.25, 0.3) is 0 Å². The lowest BCUT2D eigenvalue weighted by Gasteiger charge is -2.32. The minimum Gasteiger partial charge on any atom is -0.304 e. The molecule has 0 unspecified atom stereocenters. The van der Waals surface area contributed by atoms with E-state index in [4.69, 9.17) is 11.6 Å². The van der Waals surface area contributed by atoms with E-state index in [0.717, 1.165) is 18.7 Å². The average molecular weight is 260 g/mol. The van der Waals surface area contributed by atoms with Crippen LogP contribution in [-0.2, 0) is 12.3 Å². The van der Waals surface area contributed by atoms with Gasteiger partial charge in [0.2, 0.25) is 0 Å². The smallest absolute Gasteiger partial charge is 0.0941 e. The molecule has 0 aromatic carbocycles. The van der Waals surface area contributed by atoms with Gasteiger partial charge in [0.15, 0.2) is 0 Å². The summed E-state index contributed by atoms with van der Waals surface area (Å²) in [6, 6.07) is 0. The molecule has 1 saturated heterocycles. The van der Waals surface area contributed by atoms with Gasteiger partial charge in [0, 0.05) is 44.5 Å². The zero-order valence-corrected chi connectivity index (χ0v) is 11.2. The second-order valence-electron chi connectivity index (χ2n) is 4.26. The van der Waals surface area contributed by atoms with Crippen LogP contribution in [-0.4, -0.2) is 54.6 Å². The fraction of sp³-hybridized carbons (Fsp3) is 0.727. The van der Waals surface area contributed by atoms with E-state index in [1.165, 1.54) is 31.2 Å². The molecule has 0 amide bonds. The van der Waals surface area contributed by atoms with Crippen molar-refractivity contribution < 1.29 is 0 Å². The highest BCUT2D eigenvalue weighted by molar-refractivity contribution is 7.09. The monoisotopic (exact) mass is 259 g/mol. The zero-order valence-electron chi connectivity index (χ0n) is 9.65. The number of alkyl halides is 1. The van der Waals surface area contributed by atoms with Crippen molar-refractivity contribution in [1.29, 1.82) is 0 Å². The normalized spacial score (nSPS) is 19.1. The number of likely N-dealkylation sites (N-methyl/N-ethyl adjacent to an activating group) is 1. The molecule has 2 rings (SSSR count). The molecule has 0 aliphatic carbocycles. The molecular weight excluding hydrogens is 242 g/mol. The third-order valence-corrected chi connectivity index (χ3v) is 4.21. The summed E-state index contributed by atoms with van der Waals surface area (Å²) in [6.07, 6.45) is 1.06. The number of thiazole rings is 1. The molecule has 90 valence electrons. The fourth-order valence-electron chi connectivity index (χ4n) is 1.85. The van der Waals surface area contributed by atoms with Gasteiger partial charge in [-0.15, -0.1) is 22.9 Å². The topological polar surface area (TPSA) is 19.4 Å². The van der Waals surface area contributed by atoms with Gasteiger partial charge in [0.25, 0.3) is 0 Å². The summed E-state index contributed by atoms with van der Waals surface area (Å²) in [7, 11) is 2.19. The maximum atomic E-state index is 5.73. The van der Waals surface area contributed by atoms with Gasteiger partial charge in [-0.3, -0.25) is 0 Å². The lowest BCUT2D eigenvalue weighted by atomic mass is 10.3. The molecular formula is C11H18ClN3S. The largest absolute Gasteiger partial charge is 0.304 e. The number of aromatic nitrogens is 1. The summed E-state index contributed by atoms with van der Waals surface area (Å²) in [6.45, 7) is 5.87. The van der Waals surface area contributed by atoms with E-state index in [1.54, 1.807) is 11.3 Å². The van der Waals surface area contributed by atoms with Crippen molar-refractivity contribution in [1.82, 2.24) is 14.8 Å². The Labute approximate surface area is 106 Å². The third-order valence-electron chi connectivity index (χ3n) is 2.97. The molecule has 0 bridgehead atoms. The van der Waals surface area contributed by atoms with E-state index < -0.39 is 0 Å². The van der Waals surface area contributed by atoms with Crippen LogP contribution < -0.4 is 0 Å². The van der Waals surface area contributed by atoms with Gasteiger partial charge in [-0.1, -0.05) is 0 Å². The number of hydrogen-bond acceptors (Lipinski definition) is 4. The Morgan fingerprint density at radius 3 is 2.75 bits per heavy atom. The highest BCUT2D eigenvalue weighted by Crippen LogP contribution is 2.13. The van der Waals surface area contributed by atoms with Crippen LogP contribution in [0.3, 0.4) is 0 Å². The Kier molecular flexibility index (Phi) is 4.58. The first-order valence-electron chi connectivity index (χ1n) is 5.68. The van der Waals surface area contributed by atoms with Gasteiger partial charge in [-0.2, -0.15) is 0 Å². The maximum Gasteiger partial charge on any atom is 0.0941 e. The average Bonchev–Trinajstić information content (AvgIpc) is 2.76. The number of piperazine rings is 1. The van der Waals surface area contributed by atoms with Crippen LogP contribution in [0.5, 0.6) is 0 Å². The van der Waals surface area contributed by atoms with Gasteiger partial charge in [0.1, 0.15) is 0 Å². The molecule has 1 aromatic heterocycles. The zero-order chi connectivity index (χ0) is 11.4. The van der Waals surface area contributed by atoms with E-state index in [1.807, 2.05) is 0 Å². The lowest BCUT2D eigenvalue weighted by molar-refractivity contribution is 0.155. The molecule has 0 N–H and O–H groups in total. The van der Waals surface area contributed by atoms with Gasteiger partial charge in [-0.05, 0) is 7.05 Å². The molecule has 0 atom stereocenters. The number of hydrogen-bond donors (Lipinski definition) is 0. The lowest BCUT2D eigenvalue weighted by Crippen LogP contribution is -2.45. The van der Waals surface area contributed by atoms with Gasteiger partial charge in [0.05, 0.1) is 16.6 Å². The molecule has 5 heteroatoms. The van der Waals surface area contributed by atoms with Crippen molar-refractivity contribution in [2.45, 2.75) is 12.3 Å². The van der Waals surface area contributed by atoms with E-state index in [-0.39, 0.29) is 0 Å². The third kappa shape index (κ3) is 3.42. The van der Waals surface area contributed by atoms with Crippen LogP contribution in [0, 0.1) is 0 Å². The van der Waals surface area contributed by atoms with Crippen LogP contribution in [0.15, 0.2) is 5.38 Å². The highest BCUT2D eigenvalue weighted by Gasteiger charge is 2.13. The summed E-state index contributed by atoms with van der Waals surface area (Å²) in [5.41, 5.74) is 1.01. The van der Waals surface area contributed by atoms with Crippen molar-refractivity contribution in [2.75, 3.05) is 39.8 Å². The summed E-state index contributed by atoms with van der Waals surface area (Å²) < 4.78 is 0. The summed E-state index contributed by atoms with van der Waals surface area (Å²) >= 11 is 7.46. The quantitative estimate of drug-likeness (QED) is 0.767. The summed E-state index contributed by atoms with van der Waals surface area (Å²) in [4.78, 5) is 9.37. The van der Waals surface area contributed by atoms with Crippen molar-refractivity contribution in [3.05, 3.63) is 16.1 Å². The number of halogens is 1. The van der Waals surface area contributed by atoms with Gasteiger partial charge in [-0.25, -0.2) is 4.98 Å². The summed E-state index contributed by atoms with van der Waals surface area (Å²) in [5, 5.41) is 3.28. The minimum atomic E-state index is 0.533. The molecule has 1 aliphatic rings.